The Labute approximate surface area is 336 Å². The SMILES string of the molecule is CC(C)(C)N1C[C@@H](Oc2cccc3ccccc23)CC1C(=O)NC[C@@H](O)C[C@@H](Cc1ccc(OCCN2CCOCC2)cc1)C(=O)N[C@H]1c2ccccc2C[C@H]1O. The molecular formula is C46H58N4O7. The van der Waals surface area contributed by atoms with Crippen LogP contribution in [0.4, 0.5) is 0 Å². The first-order valence-electron chi connectivity index (χ1n) is 20.5. The van der Waals surface area contributed by atoms with E-state index in [1.165, 1.54) is 0 Å². The average Bonchev–Trinajstić information content (AvgIpc) is 3.78. The molecule has 6 atom stereocenters. The van der Waals surface area contributed by atoms with Crippen molar-refractivity contribution in [3.8, 4) is 11.5 Å². The number of amides is 2. The zero-order valence-corrected chi connectivity index (χ0v) is 33.4. The Bertz CT molecular complexity index is 1960. The first-order chi connectivity index (χ1) is 27.5. The monoisotopic (exact) mass is 778 g/mol. The Kier molecular flexibility index (Phi) is 13.1. The summed E-state index contributed by atoms with van der Waals surface area (Å²) in [6.45, 7) is 11.6. The van der Waals surface area contributed by atoms with E-state index in [-0.39, 0.29) is 36.4 Å². The number of carbonyl (C=O) groups excluding carboxylic acids is 2. The van der Waals surface area contributed by atoms with Gasteiger partial charge in [-0.15, -0.1) is 0 Å². The number of morpholine rings is 1. The van der Waals surface area contributed by atoms with Crippen molar-refractivity contribution >= 4 is 22.6 Å². The number of hydrogen-bond acceptors (Lipinski definition) is 9. The van der Waals surface area contributed by atoms with Crippen molar-refractivity contribution in [1.29, 1.82) is 0 Å². The molecule has 0 saturated carbocycles. The average molecular weight is 779 g/mol. The maximum Gasteiger partial charge on any atom is 0.237 e. The minimum absolute atomic E-state index is 0.00322. The van der Waals surface area contributed by atoms with Crippen LogP contribution >= 0.6 is 0 Å². The minimum Gasteiger partial charge on any atom is -0.492 e. The second-order valence-corrected chi connectivity index (χ2v) is 16.7. The van der Waals surface area contributed by atoms with E-state index < -0.39 is 30.2 Å². The van der Waals surface area contributed by atoms with Gasteiger partial charge < -0.3 is 35.1 Å². The lowest BCUT2D eigenvalue weighted by atomic mass is 9.92. The standard InChI is InChI=1S/C46H58N4O7/c1-46(2,3)50-30-37(57-42-14-8-11-32-9-4-6-12-38(32)42)28-40(50)45(54)47-29-35(51)26-34(44(53)48-43-39-13-7-5-10-33(39)27-41(43)52)25-31-15-17-36(18-16-31)56-24-21-49-19-22-55-23-20-49/h4-18,34-35,37,40-41,43,51-52H,19-30H2,1-3H3,(H,47,54)(H,48,53)/t34-,35+,37+,40?,41-,43+/m1/s1. The van der Waals surface area contributed by atoms with Gasteiger partial charge in [0.05, 0.1) is 37.5 Å². The van der Waals surface area contributed by atoms with Crippen LogP contribution in [0.3, 0.4) is 0 Å². The summed E-state index contributed by atoms with van der Waals surface area (Å²) < 4.78 is 18.0. The van der Waals surface area contributed by atoms with Crippen LogP contribution in [0, 0.1) is 5.92 Å². The smallest absolute Gasteiger partial charge is 0.237 e. The lowest BCUT2D eigenvalue weighted by Gasteiger charge is -2.36. The fourth-order valence-corrected chi connectivity index (χ4v) is 8.52. The van der Waals surface area contributed by atoms with Gasteiger partial charge in [-0.25, -0.2) is 0 Å². The second-order valence-electron chi connectivity index (χ2n) is 16.7. The molecular weight excluding hydrogens is 721 g/mol. The van der Waals surface area contributed by atoms with Crippen LogP contribution in [0.1, 0.15) is 56.3 Å². The summed E-state index contributed by atoms with van der Waals surface area (Å²) in [7, 11) is 0. The summed E-state index contributed by atoms with van der Waals surface area (Å²) in [6.07, 6.45) is -0.463. The number of fused-ring (bicyclic) bond motifs is 2. The lowest BCUT2D eigenvalue weighted by molar-refractivity contribution is -0.128. The number of nitrogens with one attached hydrogen (secondary N) is 2. The molecule has 2 fully saturated rings. The summed E-state index contributed by atoms with van der Waals surface area (Å²) in [5.74, 6) is 0.495. The van der Waals surface area contributed by atoms with Gasteiger partial charge in [0.25, 0.3) is 0 Å². The Hall–Kier alpha value is -4.52. The molecule has 0 bridgehead atoms. The minimum atomic E-state index is -0.986. The summed E-state index contributed by atoms with van der Waals surface area (Å²) in [5.41, 5.74) is 2.54. The highest BCUT2D eigenvalue weighted by molar-refractivity contribution is 5.88. The quantitative estimate of drug-likeness (QED) is 0.136. The van der Waals surface area contributed by atoms with Gasteiger partial charge in [-0.05, 0) is 73.9 Å². The van der Waals surface area contributed by atoms with E-state index in [9.17, 15) is 19.8 Å². The normalized spacial score (nSPS) is 22.5. The lowest BCUT2D eigenvalue weighted by Crippen LogP contribution is -2.52. The van der Waals surface area contributed by atoms with Gasteiger partial charge in [-0.2, -0.15) is 0 Å². The first kappa shape index (κ1) is 40.7. The number of aliphatic hydroxyl groups is 2. The van der Waals surface area contributed by atoms with Gasteiger partial charge in [-0.3, -0.25) is 19.4 Å². The molecule has 2 heterocycles. The highest BCUT2D eigenvalue weighted by Gasteiger charge is 2.43. The van der Waals surface area contributed by atoms with Crippen LogP contribution in [0.15, 0.2) is 91.0 Å². The Morgan fingerprint density at radius 1 is 0.947 bits per heavy atom. The van der Waals surface area contributed by atoms with Crippen molar-refractivity contribution in [3.63, 3.8) is 0 Å². The van der Waals surface area contributed by atoms with Crippen molar-refractivity contribution in [3.05, 3.63) is 108 Å². The third-order valence-electron chi connectivity index (χ3n) is 11.6. The molecule has 3 aliphatic rings. The molecule has 0 spiro atoms. The Morgan fingerprint density at radius 2 is 1.68 bits per heavy atom. The molecule has 4 N–H and O–H groups in total. The van der Waals surface area contributed by atoms with Crippen LogP contribution in [0.25, 0.3) is 10.8 Å². The largest absolute Gasteiger partial charge is 0.492 e. The molecule has 11 heteroatoms. The fraction of sp³-hybridized carbons (Fsp3) is 0.478. The van der Waals surface area contributed by atoms with E-state index in [1.54, 1.807) is 0 Å². The van der Waals surface area contributed by atoms with Gasteiger partial charge >= 0.3 is 0 Å². The first-order valence-corrected chi connectivity index (χ1v) is 20.5. The maximum absolute atomic E-state index is 14.0. The van der Waals surface area contributed by atoms with Crippen LogP contribution in [0.5, 0.6) is 11.5 Å². The van der Waals surface area contributed by atoms with E-state index >= 15 is 0 Å². The van der Waals surface area contributed by atoms with Gasteiger partial charge in [0.1, 0.15) is 24.2 Å². The van der Waals surface area contributed by atoms with Crippen molar-refractivity contribution in [2.45, 2.75) is 82.4 Å². The van der Waals surface area contributed by atoms with Crippen LogP contribution in [-0.2, 0) is 27.2 Å². The molecule has 2 amide bonds. The van der Waals surface area contributed by atoms with Gasteiger partial charge in [0.2, 0.25) is 11.8 Å². The molecule has 0 radical (unpaired) electrons. The molecule has 7 rings (SSSR count). The van der Waals surface area contributed by atoms with E-state index in [4.69, 9.17) is 14.2 Å². The summed E-state index contributed by atoms with van der Waals surface area (Å²) >= 11 is 0. The van der Waals surface area contributed by atoms with Gasteiger partial charge in [0, 0.05) is 62.4 Å². The number of ether oxygens (including phenoxy) is 3. The number of benzene rings is 4. The zero-order valence-electron chi connectivity index (χ0n) is 33.4. The molecule has 4 aromatic carbocycles. The van der Waals surface area contributed by atoms with E-state index in [0.29, 0.717) is 32.4 Å². The highest BCUT2D eigenvalue weighted by Crippen LogP contribution is 2.34. The van der Waals surface area contributed by atoms with E-state index in [2.05, 4.69) is 53.3 Å². The molecule has 57 heavy (non-hydrogen) atoms. The Morgan fingerprint density at radius 3 is 2.47 bits per heavy atom. The van der Waals surface area contributed by atoms with Crippen molar-refractivity contribution in [2.75, 3.05) is 52.5 Å². The Balaban J connectivity index is 0.987. The van der Waals surface area contributed by atoms with E-state index in [0.717, 1.165) is 71.8 Å². The molecule has 2 aliphatic heterocycles. The molecule has 11 nitrogen and oxygen atoms in total. The predicted molar refractivity (Wildman–Crippen MR) is 220 cm³/mol. The zero-order chi connectivity index (χ0) is 39.9. The fourth-order valence-electron chi connectivity index (χ4n) is 8.52. The molecule has 2 saturated heterocycles. The molecule has 0 aromatic heterocycles. The third kappa shape index (κ3) is 10.3. The number of carbonyl (C=O) groups is 2. The molecule has 304 valence electrons. The van der Waals surface area contributed by atoms with Crippen molar-refractivity contribution < 1.29 is 34.0 Å². The van der Waals surface area contributed by atoms with Crippen molar-refractivity contribution in [2.24, 2.45) is 5.92 Å². The maximum atomic E-state index is 14.0. The molecule has 1 unspecified atom stereocenters. The number of hydrogen-bond donors (Lipinski definition) is 4. The second kappa shape index (κ2) is 18.4. The number of likely N-dealkylation sites (tertiary alicyclic amines) is 1. The van der Waals surface area contributed by atoms with Crippen LogP contribution in [0.2, 0.25) is 0 Å². The van der Waals surface area contributed by atoms with Gasteiger partial charge in [0.15, 0.2) is 0 Å². The predicted octanol–water partition coefficient (Wildman–Crippen LogP) is 4.67. The number of aliphatic hydroxyl groups excluding tert-OH is 2. The van der Waals surface area contributed by atoms with Gasteiger partial charge in [-0.1, -0.05) is 72.8 Å². The molecule has 1 aliphatic carbocycles. The van der Waals surface area contributed by atoms with Crippen LogP contribution in [-0.4, -0.2) is 114 Å². The molecule has 4 aromatic rings. The summed E-state index contributed by atoms with van der Waals surface area (Å²) in [6, 6.07) is 28.6. The summed E-state index contributed by atoms with van der Waals surface area (Å²) in [4.78, 5) is 32.4. The summed E-state index contributed by atoms with van der Waals surface area (Å²) in [5, 5.41) is 30.6. The third-order valence-corrected chi connectivity index (χ3v) is 11.6. The van der Waals surface area contributed by atoms with Crippen LogP contribution < -0.4 is 20.1 Å². The topological polar surface area (TPSA) is 133 Å². The van der Waals surface area contributed by atoms with Crippen molar-refractivity contribution in [1.82, 2.24) is 20.4 Å². The highest BCUT2D eigenvalue weighted by atomic mass is 16.5. The van der Waals surface area contributed by atoms with E-state index in [1.807, 2.05) is 78.9 Å². The number of nitrogens with zero attached hydrogens (tertiary/aromatic N) is 2. The number of rotatable bonds is 15.